The maximum absolute atomic E-state index is 12.2. The van der Waals surface area contributed by atoms with Crippen LogP contribution in [0.25, 0.3) is 6.08 Å². The third-order valence-corrected chi connectivity index (χ3v) is 5.86. The van der Waals surface area contributed by atoms with Crippen LogP contribution < -0.4 is 5.32 Å². The van der Waals surface area contributed by atoms with Gasteiger partial charge in [-0.3, -0.25) is 9.79 Å². The monoisotopic (exact) mass is 406 g/mol. The summed E-state index contributed by atoms with van der Waals surface area (Å²) in [6.45, 7) is 0.884. The molecule has 23 heavy (non-hydrogen) atoms. The van der Waals surface area contributed by atoms with Crippen LogP contribution in [-0.4, -0.2) is 23.2 Å². The van der Waals surface area contributed by atoms with Gasteiger partial charge in [-0.2, -0.15) is 0 Å². The number of allylic oxidation sites excluding steroid dienone is 1. The molecule has 2 heterocycles. The lowest BCUT2D eigenvalue weighted by atomic mass is 10.1. The zero-order valence-corrected chi connectivity index (χ0v) is 15.5. The van der Waals surface area contributed by atoms with Crippen LogP contribution in [0, 0.1) is 0 Å². The molecule has 2 aromatic rings. The number of carbonyl (C=O) groups excluding carboxylic acids is 1. The van der Waals surface area contributed by atoms with E-state index in [2.05, 4.69) is 26.2 Å². The Balaban J connectivity index is 1.63. The molecule has 1 aromatic heterocycles. The first-order valence-corrected chi connectivity index (χ1v) is 9.87. The molecule has 0 spiro atoms. The van der Waals surface area contributed by atoms with Gasteiger partial charge in [0.05, 0.1) is 0 Å². The van der Waals surface area contributed by atoms with Gasteiger partial charge in [0.2, 0.25) is 0 Å². The van der Waals surface area contributed by atoms with Crippen LogP contribution in [0.15, 0.2) is 51.3 Å². The maximum atomic E-state index is 12.2. The minimum Gasteiger partial charge on any atom is -0.335 e. The van der Waals surface area contributed by atoms with Gasteiger partial charge in [0.25, 0.3) is 0 Å². The molecule has 0 fully saturated rings. The van der Waals surface area contributed by atoms with Crippen LogP contribution in [0.5, 0.6) is 0 Å². The molecule has 0 saturated carbocycles. The Morgan fingerprint density at radius 2 is 2.13 bits per heavy atom. The number of hydrogen-bond acceptors (Lipinski definition) is 5. The Kier molecular flexibility index (Phi) is 5.70. The van der Waals surface area contributed by atoms with Crippen molar-refractivity contribution in [2.45, 2.75) is 6.42 Å². The quantitative estimate of drug-likeness (QED) is 0.552. The van der Waals surface area contributed by atoms with E-state index in [0.717, 1.165) is 38.9 Å². The number of rotatable bonds is 4. The van der Waals surface area contributed by atoms with Gasteiger partial charge in [-0.1, -0.05) is 11.8 Å². The fraction of sp³-hybridized carbons (Fsp3) is 0.176. The Bertz CT molecular complexity index is 750. The number of thiophene rings is 1. The second-order valence-electron chi connectivity index (χ2n) is 4.96. The zero-order valence-electron chi connectivity index (χ0n) is 12.3. The lowest BCUT2D eigenvalue weighted by Gasteiger charge is -2.13. The first-order chi connectivity index (χ1) is 11.2. The van der Waals surface area contributed by atoms with Gasteiger partial charge in [0.1, 0.15) is 0 Å². The van der Waals surface area contributed by atoms with E-state index in [9.17, 15) is 4.79 Å². The molecule has 1 aliphatic rings. The third-order valence-electron chi connectivity index (χ3n) is 3.20. The second kappa shape index (κ2) is 7.95. The number of benzene rings is 1. The maximum Gasteiger partial charge on any atom is 0.185 e. The van der Waals surface area contributed by atoms with Gasteiger partial charge in [0, 0.05) is 38.3 Å². The highest BCUT2D eigenvalue weighted by Gasteiger charge is 2.07. The molecular weight excluding hydrogens is 392 g/mol. The first kappa shape index (κ1) is 16.5. The molecule has 0 bridgehead atoms. The van der Waals surface area contributed by atoms with Gasteiger partial charge in [-0.15, -0.1) is 11.3 Å². The lowest BCUT2D eigenvalue weighted by molar-refractivity contribution is 0.104. The predicted octanol–water partition coefficient (Wildman–Crippen LogP) is 5.31. The molecule has 6 heteroatoms. The number of anilines is 1. The molecule has 3 nitrogen and oxygen atoms in total. The van der Waals surface area contributed by atoms with E-state index in [1.165, 1.54) is 0 Å². The summed E-state index contributed by atoms with van der Waals surface area (Å²) in [6.07, 6.45) is 4.59. The number of halogens is 1. The number of amidine groups is 1. The number of carbonyl (C=O) groups is 1. The molecular formula is C17H15BrN2OS2. The Labute approximate surface area is 152 Å². The van der Waals surface area contributed by atoms with Gasteiger partial charge in [-0.25, -0.2) is 0 Å². The summed E-state index contributed by atoms with van der Waals surface area (Å²) in [7, 11) is 0. The van der Waals surface area contributed by atoms with Crippen molar-refractivity contribution >= 4 is 61.7 Å². The smallest absolute Gasteiger partial charge is 0.185 e. The van der Waals surface area contributed by atoms with E-state index in [0.29, 0.717) is 5.56 Å². The summed E-state index contributed by atoms with van der Waals surface area (Å²) in [4.78, 5) is 17.7. The molecule has 0 atom stereocenters. The molecule has 0 saturated heterocycles. The van der Waals surface area contributed by atoms with Crippen LogP contribution in [0.2, 0.25) is 0 Å². The lowest BCUT2D eigenvalue weighted by Crippen LogP contribution is -2.13. The van der Waals surface area contributed by atoms with Crippen molar-refractivity contribution in [3.8, 4) is 0 Å². The van der Waals surface area contributed by atoms with E-state index >= 15 is 0 Å². The molecule has 0 radical (unpaired) electrons. The molecule has 0 amide bonds. The number of nitrogens with zero attached hydrogens (tertiary/aromatic N) is 1. The topological polar surface area (TPSA) is 41.5 Å². The highest BCUT2D eigenvalue weighted by Crippen LogP contribution is 2.21. The summed E-state index contributed by atoms with van der Waals surface area (Å²) in [5.74, 6) is 1.11. The van der Waals surface area contributed by atoms with Gasteiger partial charge in [-0.05, 0) is 64.8 Å². The van der Waals surface area contributed by atoms with Crippen molar-refractivity contribution < 1.29 is 4.79 Å². The van der Waals surface area contributed by atoms with E-state index in [1.807, 2.05) is 41.8 Å². The number of hydrogen-bond donors (Lipinski definition) is 1. The summed E-state index contributed by atoms with van der Waals surface area (Å²) >= 11 is 6.74. The highest BCUT2D eigenvalue weighted by atomic mass is 79.9. The van der Waals surface area contributed by atoms with E-state index < -0.39 is 0 Å². The van der Waals surface area contributed by atoms with Crippen molar-refractivity contribution in [1.82, 2.24) is 0 Å². The van der Waals surface area contributed by atoms with Crippen molar-refractivity contribution in [1.29, 1.82) is 0 Å². The standard InChI is InChI=1S/C17H15BrN2OS2/c18-13-10-15(23-11-13)6-7-16(21)12-2-4-14(5-3-12)20-17-19-8-1-9-22-17/h2-7,10-11H,1,8-9H2,(H,19,20)/b7-6+. The predicted molar refractivity (Wildman–Crippen MR) is 105 cm³/mol. The number of ketones is 1. The third kappa shape index (κ3) is 4.80. The molecule has 1 N–H and O–H groups in total. The van der Waals surface area contributed by atoms with E-state index in [-0.39, 0.29) is 5.78 Å². The van der Waals surface area contributed by atoms with Crippen LogP contribution >= 0.6 is 39.0 Å². The molecule has 0 unspecified atom stereocenters. The average molecular weight is 407 g/mol. The summed E-state index contributed by atoms with van der Waals surface area (Å²) in [6, 6.07) is 9.51. The van der Waals surface area contributed by atoms with E-state index in [4.69, 9.17) is 0 Å². The fourth-order valence-corrected chi connectivity index (χ4v) is 4.22. The van der Waals surface area contributed by atoms with Crippen molar-refractivity contribution in [3.05, 3.63) is 56.7 Å². The SMILES string of the molecule is O=C(/C=C/c1cc(Br)cs1)c1ccc(NC2=NCCCS2)cc1. The Morgan fingerprint density at radius 1 is 1.30 bits per heavy atom. The first-order valence-electron chi connectivity index (χ1n) is 7.21. The number of aliphatic imine (C=N–C) groups is 1. The van der Waals surface area contributed by atoms with Crippen molar-refractivity contribution in [2.75, 3.05) is 17.6 Å². The number of thioether (sulfide) groups is 1. The van der Waals surface area contributed by atoms with Crippen molar-refractivity contribution in [3.63, 3.8) is 0 Å². The largest absolute Gasteiger partial charge is 0.335 e. The normalized spacial score (nSPS) is 14.7. The van der Waals surface area contributed by atoms with Crippen LogP contribution in [0.3, 0.4) is 0 Å². The molecule has 1 aliphatic heterocycles. The fourth-order valence-electron chi connectivity index (χ4n) is 2.05. The van der Waals surface area contributed by atoms with Crippen LogP contribution in [0.1, 0.15) is 21.7 Å². The average Bonchev–Trinajstić information content (AvgIpc) is 3.00. The molecule has 118 valence electrons. The zero-order chi connectivity index (χ0) is 16.1. The number of nitrogens with one attached hydrogen (secondary N) is 1. The van der Waals surface area contributed by atoms with Gasteiger partial charge < -0.3 is 5.32 Å². The second-order valence-corrected chi connectivity index (χ2v) is 7.90. The van der Waals surface area contributed by atoms with Crippen LogP contribution in [-0.2, 0) is 0 Å². The molecule has 3 rings (SSSR count). The van der Waals surface area contributed by atoms with E-state index in [1.54, 1.807) is 29.2 Å². The molecule has 0 aliphatic carbocycles. The Morgan fingerprint density at radius 3 is 2.78 bits per heavy atom. The van der Waals surface area contributed by atoms with Gasteiger partial charge in [0.15, 0.2) is 11.0 Å². The summed E-state index contributed by atoms with van der Waals surface area (Å²) in [5, 5.41) is 6.24. The minimum atomic E-state index is 0.00505. The highest BCUT2D eigenvalue weighted by molar-refractivity contribution is 9.10. The Hall–Kier alpha value is -1.37. The van der Waals surface area contributed by atoms with Gasteiger partial charge >= 0.3 is 0 Å². The molecule has 1 aromatic carbocycles. The minimum absolute atomic E-state index is 0.00505. The summed E-state index contributed by atoms with van der Waals surface area (Å²) in [5.41, 5.74) is 1.64. The summed E-state index contributed by atoms with van der Waals surface area (Å²) < 4.78 is 1.04. The van der Waals surface area contributed by atoms with Crippen LogP contribution in [0.4, 0.5) is 5.69 Å². The van der Waals surface area contributed by atoms with Crippen molar-refractivity contribution in [2.24, 2.45) is 4.99 Å².